The minimum atomic E-state index is 0.126. The quantitative estimate of drug-likeness (QED) is 0.848. The van der Waals surface area contributed by atoms with E-state index in [0.29, 0.717) is 0 Å². The number of para-hydroxylation sites is 1. The normalized spacial score (nSPS) is 12.1. The van der Waals surface area contributed by atoms with Crippen molar-refractivity contribution in [2.75, 3.05) is 0 Å². The lowest BCUT2D eigenvalue weighted by atomic mass is 10.0. The summed E-state index contributed by atoms with van der Waals surface area (Å²) < 4.78 is 5.73. The predicted octanol–water partition coefficient (Wildman–Crippen LogP) is 4.28. The first-order valence-electron chi connectivity index (χ1n) is 6.38. The average molecular weight is 241 g/mol. The first kappa shape index (κ1) is 12.7. The van der Waals surface area contributed by atoms with Crippen LogP contribution in [0.4, 0.5) is 0 Å². The molecule has 2 rings (SSSR count). The zero-order chi connectivity index (χ0) is 12.8. The minimum Gasteiger partial charge on any atom is -0.457 e. The molecule has 0 radical (unpaired) electrons. The summed E-state index contributed by atoms with van der Waals surface area (Å²) in [5.41, 5.74) is 7.23. The molecule has 0 spiro atoms. The van der Waals surface area contributed by atoms with Crippen LogP contribution < -0.4 is 10.5 Å². The van der Waals surface area contributed by atoms with E-state index in [-0.39, 0.29) is 6.04 Å². The van der Waals surface area contributed by atoms with E-state index >= 15 is 0 Å². The van der Waals surface area contributed by atoms with Crippen molar-refractivity contribution in [2.24, 2.45) is 5.73 Å². The molecule has 0 fully saturated rings. The van der Waals surface area contributed by atoms with Crippen LogP contribution in [0, 0.1) is 0 Å². The molecule has 2 aromatic carbocycles. The van der Waals surface area contributed by atoms with Gasteiger partial charge in [0.05, 0.1) is 0 Å². The van der Waals surface area contributed by atoms with Gasteiger partial charge in [0.25, 0.3) is 0 Å². The van der Waals surface area contributed by atoms with Crippen LogP contribution in [0.3, 0.4) is 0 Å². The van der Waals surface area contributed by atoms with Gasteiger partial charge in [0.2, 0.25) is 0 Å². The highest BCUT2D eigenvalue weighted by Crippen LogP contribution is 2.23. The summed E-state index contributed by atoms with van der Waals surface area (Å²) >= 11 is 0. The van der Waals surface area contributed by atoms with E-state index in [1.54, 1.807) is 0 Å². The van der Waals surface area contributed by atoms with Crippen molar-refractivity contribution >= 4 is 0 Å². The van der Waals surface area contributed by atoms with Gasteiger partial charge in [-0.1, -0.05) is 43.7 Å². The predicted molar refractivity (Wildman–Crippen MR) is 74.8 cm³/mol. The number of ether oxygens (including phenoxy) is 1. The Morgan fingerprint density at radius 2 is 1.56 bits per heavy atom. The van der Waals surface area contributed by atoms with Gasteiger partial charge in [0.15, 0.2) is 0 Å². The number of hydrogen-bond acceptors (Lipinski definition) is 2. The Bertz CT molecular complexity index is 464. The Morgan fingerprint density at radius 1 is 0.944 bits per heavy atom. The molecular weight excluding hydrogens is 222 g/mol. The van der Waals surface area contributed by atoms with Gasteiger partial charge in [0.1, 0.15) is 11.5 Å². The molecule has 0 heterocycles. The van der Waals surface area contributed by atoms with Crippen LogP contribution in [0.25, 0.3) is 0 Å². The standard InChI is InChI=1S/C16H19NO/c1-2-6-16(17)13-9-11-15(12-10-13)18-14-7-4-3-5-8-14/h3-5,7-12,16H,2,6,17H2,1H3/t16-/m1/s1. The molecule has 2 aromatic rings. The SMILES string of the molecule is CCC[C@@H](N)c1ccc(Oc2ccccc2)cc1. The first-order chi connectivity index (χ1) is 8.79. The summed E-state index contributed by atoms with van der Waals surface area (Å²) in [5, 5.41) is 0. The molecule has 0 bridgehead atoms. The molecule has 2 N–H and O–H groups in total. The highest BCUT2D eigenvalue weighted by molar-refractivity contribution is 5.33. The zero-order valence-corrected chi connectivity index (χ0v) is 10.7. The molecule has 0 amide bonds. The van der Waals surface area contributed by atoms with Crippen LogP contribution in [0.15, 0.2) is 54.6 Å². The topological polar surface area (TPSA) is 35.2 Å². The van der Waals surface area contributed by atoms with Gasteiger partial charge in [-0.15, -0.1) is 0 Å². The van der Waals surface area contributed by atoms with Crippen LogP contribution >= 0.6 is 0 Å². The molecule has 2 nitrogen and oxygen atoms in total. The van der Waals surface area contributed by atoms with E-state index in [2.05, 4.69) is 6.92 Å². The Kier molecular flexibility index (Phi) is 4.37. The molecule has 2 heteroatoms. The van der Waals surface area contributed by atoms with Gasteiger partial charge in [-0.05, 0) is 36.2 Å². The van der Waals surface area contributed by atoms with Gasteiger partial charge in [-0.3, -0.25) is 0 Å². The number of nitrogens with two attached hydrogens (primary N) is 1. The Hall–Kier alpha value is -1.80. The number of rotatable bonds is 5. The molecule has 1 atom stereocenters. The monoisotopic (exact) mass is 241 g/mol. The van der Waals surface area contributed by atoms with Crippen molar-refractivity contribution in [3.8, 4) is 11.5 Å². The summed E-state index contributed by atoms with van der Waals surface area (Å²) in [7, 11) is 0. The lowest BCUT2D eigenvalue weighted by Crippen LogP contribution is -2.09. The summed E-state index contributed by atoms with van der Waals surface area (Å²) in [4.78, 5) is 0. The molecule has 0 aromatic heterocycles. The lowest BCUT2D eigenvalue weighted by Gasteiger charge is -2.11. The zero-order valence-electron chi connectivity index (χ0n) is 10.7. The highest BCUT2D eigenvalue weighted by atomic mass is 16.5. The van der Waals surface area contributed by atoms with E-state index < -0.39 is 0 Å². The third kappa shape index (κ3) is 3.34. The van der Waals surface area contributed by atoms with Crippen molar-refractivity contribution in [1.29, 1.82) is 0 Å². The second-order valence-corrected chi connectivity index (χ2v) is 4.38. The minimum absolute atomic E-state index is 0.126. The smallest absolute Gasteiger partial charge is 0.127 e. The van der Waals surface area contributed by atoms with E-state index in [4.69, 9.17) is 10.5 Å². The second kappa shape index (κ2) is 6.22. The molecule has 0 saturated carbocycles. The maximum Gasteiger partial charge on any atom is 0.127 e. The fraction of sp³-hybridized carbons (Fsp3) is 0.250. The fourth-order valence-electron chi connectivity index (χ4n) is 1.89. The number of hydrogen-bond donors (Lipinski definition) is 1. The molecular formula is C16H19NO. The van der Waals surface area contributed by atoms with Crippen molar-refractivity contribution in [3.05, 3.63) is 60.2 Å². The van der Waals surface area contributed by atoms with Crippen molar-refractivity contribution in [2.45, 2.75) is 25.8 Å². The molecule has 0 saturated heterocycles. The molecule has 0 unspecified atom stereocenters. The maximum absolute atomic E-state index is 6.07. The largest absolute Gasteiger partial charge is 0.457 e. The van der Waals surface area contributed by atoms with E-state index in [0.717, 1.165) is 29.9 Å². The Balaban J connectivity index is 2.04. The van der Waals surface area contributed by atoms with E-state index in [9.17, 15) is 0 Å². The van der Waals surface area contributed by atoms with E-state index in [1.165, 1.54) is 0 Å². The third-order valence-corrected chi connectivity index (χ3v) is 2.89. The maximum atomic E-state index is 6.07. The van der Waals surface area contributed by atoms with Gasteiger partial charge >= 0.3 is 0 Å². The van der Waals surface area contributed by atoms with Crippen LogP contribution in [0.1, 0.15) is 31.4 Å². The lowest BCUT2D eigenvalue weighted by molar-refractivity contribution is 0.482. The number of benzene rings is 2. The molecule has 0 aliphatic carbocycles. The third-order valence-electron chi connectivity index (χ3n) is 2.89. The van der Waals surface area contributed by atoms with Crippen LogP contribution in [0.5, 0.6) is 11.5 Å². The Morgan fingerprint density at radius 3 is 2.17 bits per heavy atom. The molecule has 18 heavy (non-hydrogen) atoms. The molecule has 0 aliphatic rings. The molecule has 0 aliphatic heterocycles. The summed E-state index contributed by atoms with van der Waals surface area (Å²) in [5.74, 6) is 1.69. The van der Waals surface area contributed by atoms with Gasteiger partial charge in [0, 0.05) is 6.04 Å². The highest BCUT2D eigenvalue weighted by Gasteiger charge is 2.04. The van der Waals surface area contributed by atoms with E-state index in [1.807, 2.05) is 54.6 Å². The van der Waals surface area contributed by atoms with Gasteiger partial charge in [-0.25, -0.2) is 0 Å². The van der Waals surface area contributed by atoms with Crippen LogP contribution in [-0.4, -0.2) is 0 Å². The van der Waals surface area contributed by atoms with Gasteiger partial charge < -0.3 is 10.5 Å². The van der Waals surface area contributed by atoms with Crippen molar-refractivity contribution < 1.29 is 4.74 Å². The summed E-state index contributed by atoms with van der Waals surface area (Å²) in [6, 6.07) is 17.9. The van der Waals surface area contributed by atoms with Crippen LogP contribution in [0.2, 0.25) is 0 Å². The first-order valence-corrected chi connectivity index (χ1v) is 6.38. The van der Waals surface area contributed by atoms with Gasteiger partial charge in [-0.2, -0.15) is 0 Å². The average Bonchev–Trinajstić information content (AvgIpc) is 2.41. The molecule has 94 valence electrons. The summed E-state index contributed by atoms with van der Waals surface area (Å²) in [6.07, 6.45) is 2.11. The fourth-order valence-corrected chi connectivity index (χ4v) is 1.89. The van der Waals surface area contributed by atoms with Crippen LogP contribution in [-0.2, 0) is 0 Å². The van der Waals surface area contributed by atoms with Crippen molar-refractivity contribution in [3.63, 3.8) is 0 Å². The summed E-state index contributed by atoms with van der Waals surface area (Å²) in [6.45, 7) is 2.15. The Labute approximate surface area is 108 Å². The van der Waals surface area contributed by atoms with Crippen molar-refractivity contribution in [1.82, 2.24) is 0 Å². The second-order valence-electron chi connectivity index (χ2n) is 4.38.